The molecule has 0 aliphatic carbocycles. The van der Waals surface area contributed by atoms with Crippen molar-refractivity contribution in [3.63, 3.8) is 0 Å². The first-order valence-electron chi connectivity index (χ1n) is 8.94. The van der Waals surface area contributed by atoms with E-state index in [-0.39, 0.29) is 17.1 Å². The van der Waals surface area contributed by atoms with Gasteiger partial charge in [-0.1, -0.05) is 60.7 Å². The zero-order chi connectivity index (χ0) is 17.9. The van der Waals surface area contributed by atoms with Crippen molar-refractivity contribution in [3.8, 4) is 0 Å². The normalized spacial score (nSPS) is 9.96. The molecule has 138 valence electrons. The van der Waals surface area contributed by atoms with Crippen LogP contribution in [0.2, 0.25) is 0 Å². The van der Waals surface area contributed by atoms with Crippen LogP contribution in [0.25, 0.3) is 0 Å². The van der Waals surface area contributed by atoms with Crippen molar-refractivity contribution >= 4 is 18.7 Å². The molecule has 1 nitrogen and oxygen atoms in total. The van der Waals surface area contributed by atoms with Crippen molar-refractivity contribution < 1.29 is 17.1 Å². The van der Waals surface area contributed by atoms with Crippen molar-refractivity contribution in [1.82, 2.24) is 5.09 Å². The minimum atomic E-state index is -0.483. The Labute approximate surface area is 174 Å². The summed E-state index contributed by atoms with van der Waals surface area (Å²) in [5, 5.41) is 6.51. The molecule has 0 radical (unpaired) electrons. The molecular formula is C24H24FeNP. The predicted octanol–water partition coefficient (Wildman–Crippen LogP) is 4.99. The third kappa shape index (κ3) is 7.29. The van der Waals surface area contributed by atoms with Gasteiger partial charge in [-0.15, -0.1) is 0 Å². The van der Waals surface area contributed by atoms with Gasteiger partial charge in [-0.05, 0) is 17.0 Å². The zero-order valence-corrected chi connectivity index (χ0v) is 17.2. The molecule has 4 aromatic carbocycles. The molecule has 0 bridgehead atoms. The van der Waals surface area contributed by atoms with Crippen LogP contribution in [0.15, 0.2) is 115 Å². The van der Waals surface area contributed by atoms with E-state index in [1.54, 1.807) is 0 Å². The topological polar surface area (TPSA) is 12.0 Å². The Bertz CT molecular complexity index is 755. The van der Waals surface area contributed by atoms with E-state index < -0.39 is 8.07 Å². The first kappa shape index (κ1) is 21.4. The Morgan fingerprint density at radius 3 is 1.70 bits per heavy atom. The second kappa shape index (κ2) is 12.4. The maximum atomic E-state index is 3.76. The molecule has 3 heteroatoms. The maximum absolute atomic E-state index is 3.76. The second-order valence-corrected chi connectivity index (χ2v) is 7.94. The van der Waals surface area contributed by atoms with Gasteiger partial charge >= 0.3 is 17.1 Å². The van der Waals surface area contributed by atoms with Crippen LogP contribution in [0.4, 0.5) is 0 Å². The van der Waals surface area contributed by atoms with Gasteiger partial charge in [0.1, 0.15) is 0 Å². The Morgan fingerprint density at radius 2 is 1.26 bits per heavy atom. The summed E-state index contributed by atoms with van der Waals surface area (Å²) in [6, 6.07) is 40.1. The van der Waals surface area contributed by atoms with Gasteiger partial charge in [0, 0.05) is 14.6 Å². The third-order valence-electron chi connectivity index (χ3n) is 4.00. The summed E-state index contributed by atoms with van der Waals surface area (Å²) >= 11 is 0. The minimum absolute atomic E-state index is 0. The first-order valence-corrected chi connectivity index (χ1v) is 10.3. The maximum Gasteiger partial charge on any atom is 2.00 e. The van der Waals surface area contributed by atoms with Gasteiger partial charge in [0.05, 0.1) is 0 Å². The molecule has 0 aliphatic heterocycles. The van der Waals surface area contributed by atoms with Gasteiger partial charge in [-0.3, -0.25) is 5.09 Å². The van der Waals surface area contributed by atoms with Crippen LogP contribution >= 0.6 is 8.07 Å². The van der Waals surface area contributed by atoms with Crippen LogP contribution in [0.5, 0.6) is 0 Å². The first-order chi connectivity index (χ1) is 12.9. The molecular weight excluding hydrogens is 389 g/mol. The number of hydrogen-bond donors (Lipinski definition) is 1. The smallest absolute Gasteiger partial charge is 0.288 e. The number of hydrogen-bond acceptors (Lipinski definition) is 1. The standard InChI is InChI=1S/C19H19NP.C5H5.Fe/c1-3-11-18(12-4-1)21(19-13-5-2-6-14-19)20-16-15-17-9-7-8-10-17;1-2-4-5-3-1;/h1-14,20H,15-16H2;1-5H;/q2*-1;+2. The molecule has 0 heterocycles. The Balaban J connectivity index is 0.000000379. The zero-order valence-electron chi connectivity index (χ0n) is 15.2. The Kier molecular flexibility index (Phi) is 9.84. The van der Waals surface area contributed by atoms with Crippen LogP contribution in [0.3, 0.4) is 0 Å². The van der Waals surface area contributed by atoms with Crippen LogP contribution in [0.1, 0.15) is 5.56 Å². The summed E-state index contributed by atoms with van der Waals surface area (Å²) in [4.78, 5) is 0. The molecule has 0 aromatic heterocycles. The van der Waals surface area contributed by atoms with Gasteiger partial charge in [0.2, 0.25) is 0 Å². The Hall–Kier alpha value is -1.95. The molecule has 0 saturated heterocycles. The Morgan fingerprint density at radius 1 is 0.667 bits per heavy atom. The van der Waals surface area contributed by atoms with Gasteiger partial charge in [-0.2, -0.15) is 35.9 Å². The van der Waals surface area contributed by atoms with E-state index in [0.717, 1.165) is 13.0 Å². The van der Waals surface area contributed by atoms with Crippen LogP contribution in [-0.4, -0.2) is 6.54 Å². The van der Waals surface area contributed by atoms with Crippen molar-refractivity contribution in [2.24, 2.45) is 0 Å². The summed E-state index contributed by atoms with van der Waals surface area (Å²) in [7, 11) is -0.483. The van der Waals surface area contributed by atoms with Crippen molar-refractivity contribution in [1.29, 1.82) is 0 Å². The fraction of sp³-hybridized carbons (Fsp3) is 0.0833. The average Bonchev–Trinajstić information content (AvgIpc) is 3.43. The largest absolute Gasteiger partial charge is 2.00 e. The summed E-state index contributed by atoms with van der Waals surface area (Å²) in [6.45, 7) is 1.000. The van der Waals surface area contributed by atoms with Crippen molar-refractivity contribution in [2.75, 3.05) is 6.54 Å². The minimum Gasteiger partial charge on any atom is -0.288 e. The SMILES string of the molecule is [Fe+2].c1cc[cH-]c1.c1ccc(P(NCCc2ccc[cH-]2)c2ccccc2)cc1. The average molecular weight is 413 g/mol. The van der Waals surface area contributed by atoms with E-state index in [2.05, 4.69) is 90.0 Å². The van der Waals surface area contributed by atoms with E-state index in [9.17, 15) is 0 Å². The molecule has 0 aliphatic rings. The molecule has 0 saturated carbocycles. The molecule has 1 N–H and O–H groups in total. The quantitative estimate of drug-likeness (QED) is 0.267. The van der Waals surface area contributed by atoms with E-state index >= 15 is 0 Å². The van der Waals surface area contributed by atoms with Crippen molar-refractivity contribution in [2.45, 2.75) is 6.42 Å². The fourth-order valence-electron chi connectivity index (χ4n) is 2.70. The van der Waals surface area contributed by atoms with Crippen LogP contribution in [0, 0.1) is 0 Å². The van der Waals surface area contributed by atoms with Gasteiger partial charge in [0.25, 0.3) is 0 Å². The summed E-state index contributed by atoms with van der Waals surface area (Å²) in [5.74, 6) is 0. The molecule has 4 aromatic rings. The summed E-state index contributed by atoms with van der Waals surface area (Å²) < 4.78 is 0. The number of benzene rings is 2. The molecule has 0 atom stereocenters. The van der Waals surface area contributed by atoms with E-state index in [1.807, 2.05) is 30.3 Å². The summed E-state index contributed by atoms with van der Waals surface area (Å²) in [6.07, 6.45) is 1.07. The molecule has 0 fully saturated rings. The third-order valence-corrected chi connectivity index (χ3v) is 6.17. The van der Waals surface area contributed by atoms with Gasteiger partial charge in [0.15, 0.2) is 0 Å². The van der Waals surface area contributed by atoms with E-state index in [4.69, 9.17) is 0 Å². The van der Waals surface area contributed by atoms with Gasteiger partial charge in [-0.25, -0.2) is 24.3 Å². The summed E-state index contributed by atoms with van der Waals surface area (Å²) in [5.41, 5.74) is 1.40. The van der Waals surface area contributed by atoms with Crippen LogP contribution in [-0.2, 0) is 23.5 Å². The number of rotatable bonds is 6. The second-order valence-electron chi connectivity index (χ2n) is 5.92. The van der Waals surface area contributed by atoms with Crippen LogP contribution < -0.4 is 15.7 Å². The van der Waals surface area contributed by atoms with Crippen molar-refractivity contribution in [3.05, 3.63) is 121 Å². The monoisotopic (exact) mass is 413 g/mol. The van der Waals surface area contributed by atoms with Gasteiger partial charge < -0.3 is 0 Å². The molecule has 27 heavy (non-hydrogen) atoms. The molecule has 0 unspecified atom stereocenters. The number of nitrogens with one attached hydrogen (secondary N) is 1. The molecule has 0 spiro atoms. The molecule has 4 rings (SSSR count). The molecule has 0 amide bonds. The van der Waals surface area contributed by atoms with E-state index in [0.29, 0.717) is 0 Å². The predicted molar refractivity (Wildman–Crippen MR) is 115 cm³/mol. The fourth-order valence-corrected chi connectivity index (χ4v) is 4.64. The van der Waals surface area contributed by atoms with E-state index in [1.165, 1.54) is 16.2 Å².